The largest absolute Gasteiger partial charge is 0.489 e. The van der Waals surface area contributed by atoms with Crippen molar-refractivity contribution >= 4 is 52.1 Å². The van der Waals surface area contributed by atoms with E-state index >= 15 is 0 Å². The van der Waals surface area contributed by atoms with Gasteiger partial charge in [0.05, 0.1) is 41.9 Å². The van der Waals surface area contributed by atoms with Gasteiger partial charge in [-0.05, 0) is 109 Å². The summed E-state index contributed by atoms with van der Waals surface area (Å²) in [5.41, 5.74) is 20.8. The van der Waals surface area contributed by atoms with Gasteiger partial charge in [-0.25, -0.2) is 28.7 Å². The van der Waals surface area contributed by atoms with Gasteiger partial charge in [0.1, 0.15) is 94.9 Å². The molecule has 1 atom stereocenters. The zero-order valence-corrected chi connectivity index (χ0v) is 50.4. The number of benzene rings is 4. The second-order valence-electron chi connectivity index (χ2n) is 21.3. The van der Waals surface area contributed by atoms with Gasteiger partial charge in [-0.2, -0.15) is 0 Å². The summed E-state index contributed by atoms with van der Waals surface area (Å²) in [7, 11) is 3.43. The molecular weight excluding hydrogens is 1150 g/mol. The first kappa shape index (κ1) is 64.7. The summed E-state index contributed by atoms with van der Waals surface area (Å²) >= 11 is 0. The van der Waals surface area contributed by atoms with E-state index in [2.05, 4.69) is 66.7 Å². The van der Waals surface area contributed by atoms with Crippen molar-refractivity contribution in [3.8, 4) is 56.8 Å². The smallest absolute Gasteiger partial charge is 0.317 e. The lowest BCUT2D eigenvalue weighted by Gasteiger charge is -2.22. The Morgan fingerprint density at radius 1 is 0.625 bits per heavy atom. The fraction of sp³-hybridized carbons (Fsp3) is 0.277. The molecule has 7 heterocycles. The summed E-state index contributed by atoms with van der Waals surface area (Å²) in [6.45, 7) is 9.89. The van der Waals surface area contributed by atoms with E-state index in [9.17, 15) is 13.6 Å². The van der Waals surface area contributed by atoms with Gasteiger partial charge in [0.15, 0.2) is 6.29 Å². The minimum Gasteiger partial charge on any atom is -0.489 e. The minimum atomic E-state index is -0.787. The zero-order chi connectivity index (χ0) is 61.6. The van der Waals surface area contributed by atoms with Crippen LogP contribution in [-0.4, -0.2) is 93.7 Å². The molecule has 0 spiro atoms. The van der Waals surface area contributed by atoms with Gasteiger partial charge in [0.2, 0.25) is 0 Å². The number of anilines is 2. The number of nitrogen functional groups attached to an aromatic ring is 2. The van der Waals surface area contributed by atoms with E-state index in [1.165, 1.54) is 36.9 Å². The quantitative estimate of drug-likeness (QED) is 0.0553. The Balaban J connectivity index is 0.000000205. The molecule has 1 aliphatic rings. The summed E-state index contributed by atoms with van der Waals surface area (Å²) in [4.78, 5) is 37.2. The third kappa shape index (κ3) is 17.2. The van der Waals surface area contributed by atoms with E-state index in [0.29, 0.717) is 58.4 Å². The van der Waals surface area contributed by atoms with Crippen molar-refractivity contribution in [2.75, 3.05) is 38.7 Å². The molecule has 0 amide bonds. The van der Waals surface area contributed by atoms with Crippen LogP contribution in [0.3, 0.4) is 0 Å². The average Bonchev–Trinajstić information content (AvgIpc) is 1.81. The fourth-order valence-electron chi connectivity index (χ4n) is 9.36. The van der Waals surface area contributed by atoms with Gasteiger partial charge in [-0.3, -0.25) is 19.7 Å². The van der Waals surface area contributed by atoms with E-state index in [1.54, 1.807) is 55.7 Å². The first-order chi connectivity index (χ1) is 42.0. The number of fused-ring (bicyclic) bond motifs is 2. The van der Waals surface area contributed by atoms with Gasteiger partial charge >= 0.3 is 5.97 Å². The zero-order valence-electron chi connectivity index (χ0n) is 49.5. The molecule has 1 fully saturated rings. The van der Waals surface area contributed by atoms with Crippen LogP contribution in [0.25, 0.3) is 44.3 Å². The number of halogens is 3. The third-order valence-electron chi connectivity index (χ3n) is 13.6. The Bertz CT molecular complexity index is 3900. The molecule has 6 N–H and O–H groups in total. The molecule has 4 aromatic carbocycles. The number of hydrogen-bond acceptors (Lipinski definition) is 17. The van der Waals surface area contributed by atoms with E-state index in [1.807, 2.05) is 73.1 Å². The molecule has 20 nitrogen and oxygen atoms in total. The first-order valence-electron chi connectivity index (χ1n) is 28.2. The molecule has 0 bridgehead atoms. The number of ether oxygens (including phenoxy) is 6. The SMILES string of the molecule is CC(C)n1cc(-c2ccc(Oc3cc(F)cc(OCc4ccc(CO)nc4)c3)cc2)c2c(N)ncnc21.CC(C)n1cc(-c2ccc(Oc3cc(F)cc(OCc4ccc(COC5CCCCO5)nc4)c3)cc2)c2c(N)ncnc21.CN(C)CC(=O)O.Cl. The number of aromatic nitrogens is 8. The molecule has 10 aromatic rings. The average molecular weight is 1220 g/mol. The van der Waals surface area contributed by atoms with E-state index in [-0.39, 0.29) is 57.1 Å². The number of rotatable bonds is 20. The molecule has 460 valence electrons. The van der Waals surface area contributed by atoms with Crippen molar-refractivity contribution in [2.24, 2.45) is 0 Å². The second kappa shape index (κ2) is 30.3. The highest BCUT2D eigenvalue weighted by Gasteiger charge is 2.20. The van der Waals surface area contributed by atoms with Gasteiger partial charge in [0.25, 0.3) is 0 Å². The Hall–Kier alpha value is -9.32. The molecule has 0 aliphatic carbocycles. The van der Waals surface area contributed by atoms with Crippen molar-refractivity contribution in [3.63, 3.8) is 0 Å². The predicted molar refractivity (Wildman–Crippen MR) is 333 cm³/mol. The Morgan fingerprint density at radius 3 is 1.48 bits per heavy atom. The third-order valence-corrected chi connectivity index (χ3v) is 13.6. The number of nitrogens with two attached hydrogens (primary N) is 2. The van der Waals surface area contributed by atoms with Crippen LogP contribution >= 0.6 is 12.4 Å². The van der Waals surface area contributed by atoms with Crippen LogP contribution < -0.4 is 30.4 Å². The number of aliphatic hydroxyl groups is 1. The molecule has 6 aromatic heterocycles. The number of carboxylic acids is 1. The highest BCUT2D eigenvalue weighted by Crippen LogP contribution is 2.38. The van der Waals surface area contributed by atoms with Crippen LogP contribution in [0.2, 0.25) is 0 Å². The molecule has 0 radical (unpaired) electrons. The summed E-state index contributed by atoms with van der Waals surface area (Å²) in [5, 5.41) is 18.8. The summed E-state index contributed by atoms with van der Waals surface area (Å²) in [5.74, 6) is 1.54. The van der Waals surface area contributed by atoms with E-state index in [4.69, 9.17) is 50.1 Å². The maximum atomic E-state index is 14.5. The first-order valence-corrected chi connectivity index (χ1v) is 28.2. The summed E-state index contributed by atoms with van der Waals surface area (Å²) < 4.78 is 67.7. The number of aliphatic carboxylic acids is 1. The Labute approximate surface area is 514 Å². The van der Waals surface area contributed by atoms with Crippen LogP contribution in [0.5, 0.6) is 34.5 Å². The van der Waals surface area contributed by atoms with E-state index in [0.717, 1.165) is 87.0 Å². The van der Waals surface area contributed by atoms with Gasteiger partial charge in [0, 0.05) is 102 Å². The summed E-state index contributed by atoms with van der Waals surface area (Å²) in [6.07, 6.45) is 13.3. The second-order valence-corrected chi connectivity index (χ2v) is 21.3. The molecule has 1 aliphatic heterocycles. The molecule has 1 unspecified atom stereocenters. The number of carbonyl (C=O) groups is 1. The van der Waals surface area contributed by atoms with Crippen LogP contribution in [0.1, 0.15) is 81.6 Å². The molecule has 1 saturated heterocycles. The molecule has 0 saturated carbocycles. The monoisotopic (exact) mass is 1220 g/mol. The van der Waals surface area contributed by atoms with Crippen LogP contribution in [-0.2, 0) is 40.7 Å². The molecular formula is C65H70ClF2N11O9. The van der Waals surface area contributed by atoms with Gasteiger partial charge in [-0.1, -0.05) is 36.4 Å². The number of hydrogen-bond donors (Lipinski definition) is 4. The fourth-order valence-corrected chi connectivity index (χ4v) is 9.36. The lowest BCUT2D eigenvalue weighted by molar-refractivity contribution is -0.169. The normalized spacial score (nSPS) is 12.9. The van der Waals surface area contributed by atoms with Crippen molar-refractivity contribution < 1.29 is 52.2 Å². The molecule has 11 rings (SSSR count). The maximum Gasteiger partial charge on any atom is 0.317 e. The maximum absolute atomic E-state index is 14.5. The lowest BCUT2D eigenvalue weighted by atomic mass is 10.1. The molecule has 23 heteroatoms. The Kier molecular flexibility index (Phi) is 22.3. The minimum absolute atomic E-state index is 0. The van der Waals surface area contributed by atoms with Crippen molar-refractivity contribution in [1.29, 1.82) is 0 Å². The van der Waals surface area contributed by atoms with Gasteiger partial charge < -0.3 is 59.2 Å². The summed E-state index contributed by atoms with van der Waals surface area (Å²) in [6, 6.07) is 31.2. The number of pyridine rings is 2. The molecule has 88 heavy (non-hydrogen) atoms. The number of nitrogens with zero attached hydrogens (tertiary/aromatic N) is 9. The van der Waals surface area contributed by atoms with Crippen LogP contribution in [0, 0.1) is 11.6 Å². The topological polar surface area (TPSA) is 255 Å². The lowest BCUT2D eigenvalue weighted by Crippen LogP contribution is -2.22. The van der Waals surface area contributed by atoms with Crippen LogP contribution in [0.15, 0.2) is 147 Å². The van der Waals surface area contributed by atoms with Crippen molar-refractivity contribution in [3.05, 3.63) is 181 Å². The highest BCUT2D eigenvalue weighted by molar-refractivity contribution is 6.01. The van der Waals surface area contributed by atoms with Crippen molar-refractivity contribution in [1.82, 2.24) is 43.9 Å². The van der Waals surface area contributed by atoms with E-state index < -0.39 is 17.6 Å². The Morgan fingerprint density at radius 2 is 1.09 bits per heavy atom. The van der Waals surface area contributed by atoms with Crippen molar-refractivity contribution in [2.45, 2.75) is 91.8 Å². The standard InChI is InChI=1S/C33H34FN5O4.C28H26FN5O3.C4H9NO2.ClH/c1-21(2)39-17-29(31-32(35)37-20-38-33(31)39)23-7-10-26(11-8-23)43-28-14-24(34)13-27(15-28)41-18-22-6-9-25(36-16-22)19-42-30-5-3-4-12-40-30;1-17(2)34-13-25(26-27(30)32-16-33-28(26)34)19-4-7-22(8-5-19)37-24-10-20(29)9-23(11-24)36-15-18-3-6-21(14-35)31-12-18;1-5(2)3-4(6)7;/h6-11,13-17,20-21,30H,3-5,12,18-19H2,1-2H3,(H2,35,37,38);3-13,16-17,35H,14-15H2,1-2H3,(H2,30,32,33);3H2,1-2H3,(H,6,7);1H. The van der Waals surface area contributed by atoms with Gasteiger partial charge in [-0.15, -0.1) is 12.4 Å². The highest BCUT2D eigenvalue weighted by atomic mass is 35.5. The number of likely N-dealkylation sites (N-methyl/N-ethyl adjacent to an activating group) is 1. The number of carboxylic acid groups (broad SMARTS) is 1. The van der Waals surface area contributed by atoms with Crippen LogP contribution in [0.4, 0.5) is 20.4 Å². The number of aliphatic hydroxyl groups excluding tert-OH is 1. The predicted octanol–water partition coefficient (Wildman–Crippen LogP) is 12.9.